The fraction of sp³-hybridized carbons (Fsp3) is 1.00. The van der Waals surface area contributed by atoms with Crippen molar-refractivity contribution in [1.29, 1.82) is 0 Å². The molecule has 1 N–H and O–H groups in total. The molecule has 0 unspecified atom stereocenters. The zero-order valence-electron chi connectivity index (χ0n) is 9.05. The molecule has 0 aliphatic carbocycles. The van der Waals surface area contributed by atoms with Gasteiger partial charge in [-0.15, -0.1) is 0 Å². The standard InChI is InChI=1S/C9H19NO4S/c1-10(15(12,13)7-4-11)8-9-2-5-14-6-3-9/h9,11H,2-8H2,1H3. The van der Waals surface area contributed by atoms with Gasteiger partial charge < -0.3 is 9.84 Å². The van der Waals surface area contributed by atoms with Crippen molar-refractivity contribution in [2.45, 2.75) is 12.8 Å². The molecule has 0 spiro atoms. The molecule has 90 valence electrons. The van der Waals surface area contributed by atoms with Crippen molar-refractivity contribution >= 4 is 10.0 Å². The van der Waals surface area contributed by atoms with Crippen LogP contribution in [0.4, 0.5) is 0 Å². The van der Waals surface area contributed by atoms with E-state index >= 15 is 0 Å². The minimum absolute atomic E-state index is 0.188. The van der Waals surface area contributed by atoms with Crippen LogP contribution in [0.5, 0.6) is 0 Å². The zero-order chi connectivity index (χ0) is 11.3. The minimum Gasteiger partial charge on any atom is -0.395 e. The average molecular weight is 237 g/mol. The summed E-state index contributed by atoms with van der Waals surface area (Å²) in [6, 6.07) is 0. The monoisotopic (exact) mass is 237 g/mol. The lowest BCUT2D eigenvalue weighted by Crippen LogP contribution is -2.36. The summed E-state index contributed by atoms with van der Waals surface area (Å²) in [6.45, 7) is 1.66. The van der Waals surface area contributed by atoms with Crippen molar-refractivity contribution in [3.8, 4) is 0 Å². The second kappa shape index (κ2) is 5.79. The van der Waals surface area contributed by atoms with E-state index in [9.17, 15) is 8.42 Å². The van der Waals surface area contributed by atoms with Crippen molar-refractivity contribution in [1.82, 2.24) is 4.31 Å². The normalized spacial score (nSPS) is 19.7. The number of aliphatic hydroxyl groups excluding tert-OH is 1. The van der Waals surface area contributed by atoms with Crippen LogP contribution in [0, 0.1) is 5.92 Å². The number of hydrogen-bond donors (Lipinski definition) is 1. The fourth-order valence-corrected chi connectivity index (χ4v) is 2.66. The molecule has 1 aliphatic heterocycles. The quantitative estimate of drug-likeness (QED) is 0.711. The Morgan fingerprint density at radius 3 is 2.53 bits per heavy atom. The largest absolute Gasteiger partial charge is 0.395 e. The molecule has 0 aromatic carbocycles. The van der Waals surface area contributed by atoms with E-state index in [0.29, 0.717) is 12.5 Å². The topological polar surface area (TPSA) is 66.8 Å². The van der Waals surface area contributed by atoms with Gasteiger partial charge in [-0.1, -0.05) is 0 Å². The molecule has 0 atom stereocenters. The SMILES string of the molecule is CN(CC1CCOCC1)S(=O)(=O)CCO. The van der Waals surface area contributed by atoms with Crippen LogP contribution in [-0.2, 0) is 14.8 Å². The Labute approximate surface area is 91.1 Å². The Morgan fingerprint density at radius 2 is 2.00 bits per heavy atom. The molecular weight excluding hydrogens is 218 g/mol. The lowest BCUT2D eigenvalue weighted by atomic mass is 10.0. The lowest BCUT2D eigenvalue weighted by molar-refractivity contribution is 0.0620. The van der Waals surface area contributed by atoms with Gasteiger partial charge in [-0.25, -0.2) is 12.7 Å². The Kier molecular flexibility index (Phi) is 4.98. The highest BCUT2D eigenvalue weighted by Gasteiger charge is 2.22. The van der Waals surface area contributed by atoms with E-state index in [-0.39, 0.29) is 12.4 Å². The number of rotatable bonds is 5. The lowest BCUT2D eigenvalue weighted by Gasteiger charge is -2.26. The number of nitrogens with zero attached hydrogens (tertiary/aromatic N) is 1. The fourth-order valence-electron chi connectivity index (χ4n) is 1.68. The van der Waals surface area contributed by atoms with Gasteiger partial charge in [-0.3, -0.25) is 0 Å². The van der Waals surface area contributed by atoms with E-state index in [1.54, 1.807) is 7.05 Å². The van der Waals surface area contributed by atoms with E-state index in [1.165, 1.54) is 4.31 Å². The predicted octanol–water partition coefficient (Wildman–Crippen LogP) is -0.333. The van der Waals surface area contributed by atoms with Crippen LogP contribution in [0.25, 0.3) is 0 Å². The first-order valence-corrected chi connectivity index (χ1v) is 6.80. The molecule has 5 nitrogen and oxygen atoms in total. The van der Waals surface area contributed by atoms with Crippen LogP contribution in [-0.4, -0.2) is 57.0 Å². The summed E-state index contributed by atoms with van der Waals surface area (Å²) in [5.74, 6) is 0.199. The highest BCUT2D eigenvalue weighted by atomic mass is 32.2. The summed E-state index contributed by atoms with van der Waals surface area (Å²) in [5.41, 5.74) is 0. The van der Waals surface area contributed by atoms with Crippen LogP contribution in [0.15, 0.2) is 0 Å². The predicted molar refractivity (Wildman–Crippen MR) is 57.0 cm³/mol. The molecule has 1 saturated heterocycles. The van der Waals surface area contributed by atoms with Crippen molar-refractivity contribution in [2.24, 2.45) is 5.92 Å². The third kappa shape index (κ3) is 4.06. The minimum atomic E-state index is -3.27. The molecule has 0 radical (unpaired) electrons. The van der Waals surface area contributed by atoms with Crippen molar-refractivity contribution in [2.75, 3.05) is 39.2 Å². The maximum absolute atomic E-state index is 11.5. The van der Waals surface area contributed by atoms with Gasteiger partial charge in [0.2, 0.25) is 10.0 Å². The number of sulfonamides is 1. The molecule has 0 saturated carbocycles. The van der Waals surface area contributed by atoms with Gasteiger partial charge >= 0.3 is 0 Å². The van der Waals surface area contributed by atoms with Crippen LogP contribution >= 0.6 is 0 Å². The summed E-state index contributed by atoms with van der Waals surface area (Å²) in [5, 5.41) is 8.63. The van der Waals surface area contributed by atoms with Crippen LogP contribution in [0.1, 0.15) is 12.8 Å². The molecule has 15 heavy (non-hydrogen) atoms. The van der Waals surface area contributed by atoms with E-state index in [2.05, 4.69) is 0 Å². The number of hydrogen-bond acceptors (Lipinski definition) is 4. The zero-order valence-corrected chi connectivity index (χ0v) is 9.87. The van der Waals surface area contributed by atoms with Crippen LogP contribution in [0.3, 0.4) is 0 Å². The molecule has 1 rings (SSSR count). The summed E-state index contributed by atoms with van der Waals surface area (Å²) in [4.78, 5) is 0. The van der Waals surface area contributed by atoms with Gasteiger partial charge in [0.1, 0.15) is 0 Å². The van der Waals surface area contributed by atoms with Crippen molar-refractivity contribution < 1.29 is 18.3 Å². The van der Waals surface area contributed by atoms with E-state index in [0.717, 1.165) is 26.1 Å². The second-order valence-corrected chi connectivity index (χ2v) is 6.07. The van der Waals surface area contributed by atoms with Gasteiger partial charge in [0.15, 0.2) is 0 Å². The van der Waals surface area contributed by atoms with E-state index in [4.69, 9.17) is 9.84 Å². The van der Waals surface area contributed by atoms with Crippen molar-refractivity contribution in [3.63, 3.8) is 0 Å². The third-order valence-electron chi connectivity index (χ3n) is 2.68. The summed E-state index contributed by atoms with van der Waals surface area (Å²) in [6.07, 6.45) is 1.83. The summed E-state index contributed by atoms with van der Waals surface area (Å²) < 4.78 is 29.6. The van der Waals surface area contributed by atoms with Gasteiger partial charge in [-0.05, 0) is 18.8 Å². The van der Waals surface area contributed by atoms with Gasteiger partial charge in [-0.2, -0.15) is 0 Å². The Bertz CT molecular complexity index is 272. The maximum atomic E-state index is 11.5. The molecule has 1 heterocycles. The van der Waals surface area contributed by atoms with Crippen molar-refractivity contribution in [3.05, 3.63) is 0 Å². The van der Waals surface area contributed by atoms with Gasteiger partial charge in [0.25, 0.3) is 0 Å². The number of ether oxygens (including phenoxy) is 1. The van der Waals surface area contributed by atoms with Crippen LogP contribution < -0.4 is 0 Å². The first kappa shape index (κ1) is 12.9. The highest BCUT2D eigenvalue weighted by Crippen LogP contribution is 2.16. The Balaban J connectivity index is 2.43. The maximum Gasteiger partial charge on any atom is 0.216 e. The highest BCUT2D eigenvalue weighted by molar-refractivity contribution is 7.89. The number of aliphatic hydroxyl groups is 1. The smallest absolute Gasteiger partial charge is 0.216 e. The molecule has 0 amide bonds. The summed E-state index contributed by atoms with van der Waals surface area (Å²) >= 11 is 0. The molecule has 0 bridgehead atoms. The molecule has 0 aromatic heterocycles. The Hall–Kier alpha value is -0.170. The third-order valence-corrected chi connectivity index (χ3v) is 4.48. The average Bonchev–Trinajstić information content (AvgIpc) is 2.19. The second-order valence-electron chi connectivity index (χ2n) is 3.88. The van der Waals surface area contributed by atoms with Gasteiger partial charge in [0, 0.05) is 26.8 Å². The van der Waals surface area contributed by atoms with E-state index in [1.807, 2.05) is 0 Å². The first-order chi connectivity index (χ1) is 7.06. The van der Waals surface area contributed by atoms with E-state index < -0.39 is 10.0 Å². The van der Waals surface area contributed by atoms with Gasteiger partial charge in [0.05, 0.1) is 12.4 Å². The van der Waals surface area contributed by atoms with Crippen LogP contribution in [0.2, 0.25) is 0 Å². The molecule has 1 aliphatic rings. The molecule has 1 fully saturated rings. The summed E-state index contributed by atoms with van der Waals surface area (Å²) in [7, 11) is -1.70. The molecular formula is C9H19NO4S. The Morgan fingerprint density at radius 1 is 1.40 bits per heavy atom. The molecule has 6 heteroatoms. The molecule has 0 aromatic rings. The first-order valence-electron chi connectivity index (χ1n) is 5.19.